The van der Waals surface area contributed by atoms with Crippen LogP contribution in [0.15, 0.2) is 81.6 Å². The first-order valence-electron chi connectivity index (χ1n) is 9.65. The number of fused-ring (bicyclic) bond motifs is 1. The number of nitriles is 1. The van der Waals surface area contributed by atoms with Crippen molar-refractivity contribution in [3.05, 3.63) is 87.7 Å². The zero-order valence-electron chi connectivity index (χ0n) is 17.3. The van der Waals surface area contributed by atoms with Gasteiger partial charge in [-0.15, -0.1) is 0 Å². The summed E-state index contributed by atoms with van der Waals surface area (Å²) >= 11 is 1.16. The molecule has 0 bridgehead atoms. The predicted octanol–water partition coefficient (Wildman–Crippen LogP) is 3.50. The van der Waals surface area contributed by atoms with Crippen molar-refractivity contribution in [2.75, 3.05) is 12.4 Å². The van der Waals surface area contributed by atoms with Crippen molar-refractivity contribution in [3.8, 4) is 6.07 Å². The van der Waals surface area contributed by atoms with E-state index in [1.54, 1.807) is 48.2 Å². The number of anilines is 1. The molecule has 0 radical (unpaired) electrons. The number of hydrogen-bond donors (Lipinski definition) is 2. The number of carbonyl (C=O) groups is 2. The molecule has 0 saturated carbocycles. The number of hydrogen-bond acceptors (Lipinski definition) is 8. The lowest BCUT2D eigenvalue weighted by Gasteiger charge is -2.35. The first-order chi connectivity index (χ1) is 15.4. The van der Waals surface area contributed by atoms with Gasteiger partial charge in [-0.25, -0.2) is 9.79 Å². The van der Waals surface area contributed by atoms with Crippen molar-refractivity contribution in [2.24, 2.45) is 10.7 Å². The Labute approximate surface area is 189 Å². The monoisotopic (exact) mass is 445 g/mol. The SMILES string of the molecule is COC(=O)c1ccc([C@@H]2C(C(=O)Nc3ccccc3)=C(C)N=C3SC(C#N)=C(N)N32)cc1. The normalized spacial score (nSPS) is 17.5. The van der Waals surface area contributed by atoms with Gasteiger partial charge >= 0.3 is 5.97 Å². The number of allylic oxidation sites excluding steroid dienone is 2. The summed E-state index contributed by atoms with van der Waals surface area (Å²) in [5, 5.41) is 12.9. The number of rotatable bonds is 4. The Bertz CT molecular complexity index is 1230. The minimum atomic E-state index is -0.628. The second-order valence-corrected chi connectivity index (χ2v) is 8.01. The van der Waals surface area contributed by atoms with E-state index in [1.165, 1.54) is 7.11 Å². The van der Waals surface area contributed by atoms with Crippen LogP contribution in [0.1, 0.15) is 28.9 Å². The van der Waals surface area contributed by atoms with Crippen molar-refractivity contribution in [1.82, 2.24) is 4.90 Å². The Morgan fingerprint density at radius 3 is 2.50 bits per heavy atom. The summed E-state index contributed by atoms with van der Waals surface area (Å²) < 4.78 is 4.77. The van der Waals surface area contributed by atoms with Crippen LogP contribution in [0.2, 0.25) is 0 Å². The van der Waals surface area contributed by atoms with E-state index in [1.807, 2.05) is 18.2 Å². The molecule has 0 aliphatic carbocycles. The summed E-state index contributed by atoms with van der Waals surface area (Å²) in [5.74, 6) is -0.559. The van der Waals surface area contributed by atoms with E-state index in [9.17, 15) is 14.9 Å². The highest BCUT2D eigenvalue weighted by atomic mass is 32.2. The summed E-state index contributed by atoms with van der Waals surface area (Å²) in [7, 11) is 1.31. The van der Waals surface area contributed by atoms with E-state index in [0.29, 0.717) is 38.2 Å². The van der Waals surface area contributed by atoms with E-state index in [4.69, 9.17) is 10.5 Å². The molecule has 0 saturated heterocycles. The van der Waals surface area contributed by atoms with Crippen molar-refractivity contribution in [2.45, 2.75) is 13.0 Å². The fourth-order valence-electron chi connectivity index (χ4n) is 3.59. The number of carbonyl (C=O) groups excluding carboxylic acids is 2. The van der Waals surface area contributed by atoms with Crippen LogP contribution in [0.4, 0.5) is 5.69 Å². The number of nitrogens with zero attached hydrogens (tertiary/aromatic N) is 3. The Morgan fingerprint density at radius 1 is 1.19 bits per heavy atom. The predicted molar refractivity (Wildman–Crippen MR) is 122 cm³/mol. The summed E-state index contributed by atoms with van der Waals surface area (Å²) in [5.41, 5.74) is 8.94. The Kier molecular flexibility index (Phi) is 5.71. The molecule has 0 unspecified atom stereocenters. The molecule has 0 aromatic heterocycles. The largest absolute Gasteiger partial charge is 0.465 e. The van der Waals surface area contributed by atoms with Gasteiger partial charge in [-0.3, -0.25) is 9.69 Å². The number of esters is 1. The van der Waals surface area contributed by atoms with Crippen LogP contribution < -0.4 is 11.1 Å². The molecule has 32 heavy (non-hydrogen) atoms. The van der Waals surface area contributed by atoms with Gasteiger partial charge in [0, 0.05) is 5.69 Å². The number of nitrogens with two attached hydrogens (primary N) is 1. The standard InChI is InChI=1S/C23H19N5O3S/c1-13-18(21(29)27-16-6-4-3-5-7-16)19(14-8-10-15(11-9-14)22(30)31-2)28-20(25)17(12-24)32-23(28)26-13/h3-11,19H,25H2,1-2H3,(H,27,29)/t19-/m1/s1. The molecular formula is C23H19N5O3S. The van der Waals surface area contributed by atoms with Gasteiger partial charge in [0.15, 0.2) is 5.17 Å². The minimum Gasteiger partial charge on any atom is -0.465 e. The number of amidine groups is 1. The number of methoxy groups -OCH3 is 1. The Hall–Kier alpha value is -4.03. The molecule has 0 fully saturated rings. The fourth-order valence-corrected chi connectivity index (χ4v) is 4.50. The molecule has 2 heterocycles. The van der Waals surface area contributed by atoms with Crippen molar-refractivity contribution in [3.63, 3.8) is 0 Å². The number of para-hydroxylation sites is 1. The maximum atomic E-state index is 13.4. The maximum absolute atomic E-state index is 13.4. The van der Waals surface area contributed by atoms with Gasteiger partial charge in [0.05, 0.1) is 30.0 Å². The molecule has 9 heteroatoms. The van der Waals surface area contributed by atoms with Crippen LogP contribution in [0.3, 0.4) is 0 Å². The average Bonchev–Trinajstić information content (AvgIpc) is 3.13. The molecule has 1 amide bonds. The third kappa shape index (κ3) is 3.72. The van der Waals surface area contributed by atoms with E-state index >= 15 is 0 Å². The first kappa shape index (κ1) is 21.2. The number of benzene rings is 2. The van der Waals surface area contributed by atoms with Crippen molar-refractivity contribution < 1.29 is 14.3 Å². The van der Waals surface area contributed by atoms with Gasteiger partial charge in [0.25, 0.3) is 5.91 Å². The van der Waals surface area contributed by atoms with Crippen molar-refractivity contribution >= 4 is 34.5 Å². The maximum Gasteiger partial charge on any atom is 0.337 e. The molecule has 2 aliphatic rings. The van der Waals surface area contributed by atoms with Crippen LogP contribution in [-0.2, 0) is 9.53 Å². The van der Waals surface area contributed by atoms with Gasteiger partial charge < -0.3 is 15.8 Å². The zero-order chi connectivity index (χ0) is 22.8. The van der Waals surface area contributed by atoms with Gasteiger partial charge in [-0.2, -0.15) is 5.26 Å². The van der Waals surface area contributed by atoms with Crippen LogP contribution in [0.5, 0.6) is 0 Å². The number of ether oxygens (including phenoxy) is 1. The smallest absolute Gasteiger partial charge is 0.337 e. The molecular weight excluding hydrogens is 426 g/mol. The molecule has 2 aliphatic heterocycles. The highest BCUT2D eigenvalue weighted by molar-refractivity contribution is 8.17. The zero-order valence-corrected chi connectivity index (χ0v) is 18.1. The average molecular weight is 446 g/mol. The molecule has 3 N–H and O–H groups in total. The molecule has 160 valence electrons. The fraction of sp³-hybridized carbons (Fsp3) is 0.130. The van der Waals surface area contributed by atoms with Gasteiger partial charge in [-0.1, -0.05) is 30.3 Å². The van der Waals surface area contributed by atoms with E-state index < -0.39 is 12.0 Å². The first-order valence-corrected chi connectivity index (χ1v) is 10.5. The Balaban J connectivity index is 1.80. The van der Waals surface area contributed by atoms with Crippen molar-refractivity contribution in [1.29, 1.82) is 5.26 Å². The lowest BCUT2D eigenvalue weighted by atomic mass is 9.93. The van der Waals surface area contributed by atoms with Crippen LogP contribution in [-0.4, -0.2) is 29.1 Å². The molecule has 2 aromatic carbocycles. The van der Waals surface area contributed by atoms with Gasteiger partial charge in [-0.05, 0) is 48.5 Å². The van der Waals surface area contributed by atoms with Crippen LogP contribution in [0.25, 0.3) is 0 Å². The molecule has 2 aromatic rings. The number of aliphatic imine (C=N–C) groups is 1. The quantitative estimate of drug-likeness (QED) is 0.691. The minimum absolute atomic E-state index is 0.232. The summed E-state index contributed by atoms with van der Waals surface area (Å²) in [6.45, 7) is 1.75. The highest BCUT2D eigenvalue weighted by Gasteiger charge is 2.42. The molecule has 8 nitrogen and oxygen atoms in total. The Morgan fingerprint density at radius 2 is 1.88 bits per heavy atom. The number of thioether (sulfide) groups is 1. The van der Waals surface area contributed by atoms with E-state index in [-0.39, 0.29) is 11.7 Å². The molecule has 4 rings (SSSR count). The van der Waals surface area contributed by atoms with Crippen LogP contribution in [0, 0.1) is 11.3 Å². The lowest BCUT2D eigenvalue weighted by Crippen LogP contribution is -2.39. The molecule has 0 spiro atoms. The van der Waals surface area contributed by atoms with Crippen LogP contribution >= 0.6 is 11.8 Å². The third-order valence-corrected chi connectivity index (χ3v) is 6.08. The van der Waals surface area contributed by atoms with E-state index in [0.717, 1.165) is 11.8 Å². The highest BCUT2D eigenvalue weighted by Crippen LogP contribution is 2.45. The van der Waals surface area contributed by atoms with Gasteiger partial charge in [0.1, 0.15) is 16.8 Å². The second kappa shape index (κ2) is 8.61. The lowest BCUT2D eigenvalue weighted by molar-refractivity contribution is -0.113. The number of amides is 1. The van der Waals surface area contributed by atoms with Gasteiger partial charge in [0.2, 0.25) is 0 Å². The topological polar surface area (TPSA) is 121 Å². The third-order valence-electron chi connectivity index (χ3n) is 5.10. The second-order valence-electron chi connectivity index (χ2n) is 7.03. The summed E-state index contributed by atoms with van der Waals surface area (Å²) in [6, 6.07) is 17.3. The molecule has 1 atom stereocenters. The van der Waals surface area contributed by atoms with E-state index in [2.05, 4.69) is 16.4 Å². The number of nitrogens with one attached hydrogen (secondary N) is 1. The summed E-state index contributed by atoms with van der Waals surface area (Å²) in [6.07, 6.45) is 0. The summed E-state index contributed by atoms with van der Waals surface area (Å²) in [4.78, 5) is 31.8.